The molecule has 4 rings (SSSR count). The summed E-state index contributed by atoms with van der Waals surface area (Å²) in [5.41, 5.74) is 1.95. The lowest BCUT2D eigenvalue weighted by atomic mass is 10.2. The molecular formula is C25H25FN2O4S. The molecule has 1 saturated heterocycles. The third-order valence-electron chi connectivity index (χ3n) is 4.99. The minimum Gasteiger partial charge on any atom is -0.489 e. The summed E-state index contributed by atoms with van der Waals surface area (Å²) in [6.45, 7) is 3.42. The van der Waals surface area contributed by atoms with Crippen molar-refractivity contribution in [3.63, 3.8) is 0 Å². The van der Waals surface area contributed by atoms with Crippen LogP contribution in [-0.2, 0) is 16.1 Å². The van der Waals surface area contributed by atoms with Gasteiger partial charge in [0.25, 0.3) is 0 Å². The molecule has 1 unspecified atom stereocenters. The number of aryl methyl sites for hydroxylation is 1. The Hall–Kier alpha value is -3.23. The van der Waals surface area contributed by atoms with E-state index >= 15 is 0 Å². The van der Waals surface area contributed by atoms with Crippen LogP contribution in [0.4, 0.5) is 10.1 Å². The van der Waals surface area contributed by atoms with Gasteiger partial charge in [-0.25, -0.2) is 9.37 Å². The van der Waals surface area contributed by atoms with Crippen LogP contribution in [0.15, 0.2) is 53.9 Å². The molecule has 1 amide bonds. The lowest BCUT2D eigenvalue weighted by Gasteiger charge is -2.15. The van der Waals surface area contributed by atoms with Gasteiger partial charge in [0.1, 0.15) is 30.5 Å². The second-order valence-electron chi connectivity index (χ2n) is 7.63. The summed E-state index contributed by atoms with van der Waals surface area (Å²) in [6, 6.07) is 11.4. The quantitative estimate of drug-likeness (QED) is 0.427. The number of thiazole rings is 1. The molecule has 1 aromatic heterocycles. The van der Waals surface area contributed by atoms with E-state index in [9.17, 15) is 9.18 Å². The molecule has 3 aromatic rings. The molecule has 172 valence electrons. The van der Waals surface area contributed by atoms with Crippen LogP contribution in [0.2, 0.25) is 0 Å². The Morgan fingerprint density at radius 2 is 2.21 bits per heavy atom. The minimum absolute atomic E-state index is 0.0209. The summed E-state index contributed by atoms with van der Waals surface area (Å²) >= 11 is 1.58. The molecule has 0 spiro atoms. The van der Waals surface area contributed by atoms with Crippen molar-refractivity contribution in [2.75, 3.05) is 18.5 Å². The molecule has 1 N–H and O–H groups in total. The number of carbonyl (C=O) groups excluding carboxylic acids is 1. The zero-order valence-corrected chi connectivity index (χ0v) is 19.1. The summed E-state index contributed by atoms with van der Waals surface area (Å²) in [5.74, 6) is 0.227. The molecule has 33 heavy (non-hydrogen) atoms. The average molecular weight is 469 g/mol. The lowest BCUT2D eigenvalue weighted by molar-refractivity contribution is -0.111. The lowest BCUT2D eigenvalue weighted by Crippen LogP contribution is -2.17. The Morgan fingerprint density at radius 1 is 1.30 bits per heavy atom. The van der Waals surface area contributed by atoms with Crippen molar-refractivity contribution in [1.82, 2.24) is 4.98 Å². The molecule has 1 fully saturated rings. The van der Waals surface area contributed by atoms with E-state index in [0.29, 0.717) is 24.7 Å². The van der Waals surface area contributed by atoms with Gasteiger partial charge < -0.3 is 19.5 Å². The van der Waals surface area contributed by atoms with Gasteiger partial charge in [0.05, 0.1) is 22.5 Å². The Bertz CT molecular complexity index is 1130. The SMILES string of the molecule is Cc1nc(COc2cccc(/C=C/C(=O)Nc3cc(F)ccc3OCC3CCCO3)c2)cs1. The van der Waals surface area contributed by atoms with Gasteiger partial charge in [0.15, 0.2) is 0 Å². The number of hydrogen-bond acceptors (Lipinski definition) is 6. The maximum absolute atomic E-state index is 13.8. The van der Waals surface area contributed by atoms with Gasteiger partial charge in [-0.15, -0.1) is 11.3 Å². The van der Waals surface area contributed by atoms with Gasteiger partial charge in [-0.1, -0.05) is 12.1 Å². The highest BCUT2D eigenvalue weighted by Crippen LogP contribution is 2.27. The molecule has 0 saturated carbocycles. The Balaban J connectivity index is 1.35. The summed E-state index contributed by atoms with van der Waals surface area (Å²) in [4.78, 5) is 16.8. The van der Waals surface area contributed by atoms with Crippen LogP contribution in [0, 0.1) is 12.7 Å². The van der Waals surface area contributed by atoms with Crippen molar-refractivity contribution in [2.24, 2.45) is 0 Å². The van der Waals surface area contributed by atoms with Crippen molar-refractivity contribution >= 4 is 29.0 Å². The molecule has 2 heterocycles. The normalized spacial score (nSPS) is 15.6. The number of rotatable bonds is 9. The van der Waals surface area contributed by atoms with Crippen LogP contribution in [0.1, 0.15) is 29.1 Å². The maximum Gasteiger partial charge on any atom is 0.248 e. The Kier molecular flexibility index (Phi) is 7.70. The van der Waals surface area contributed by atoms with Crippen molar-refractivity contribution in [3.05, 3.63) is 76.0 Å². The number of hydrogen-bond donors (Lipinski definition) is 1. The number of halogens is 1. The predicted octanol–water partition coefficient (Wildman–Crippen LogP) is 5.38. The van der Waals surface area contributed by atoms with E-state index in [0.717, 1.165) is 35.7 Å². The zero-order valence-electron chi connectivity index (χ0n) is 18.3. The smallest absolute Gasteiger partial charge is 0.248 e. The van der Waals surface area contributed by atoms with E-state index in [1.807, 2.05) is 36.6 Å². The molecule has 1 atom stereocenters. The number of carbonyl (C=O) groups is 1. The fourth-order valence-electron chi connectivity index (χ4n) is 3.37. The second-order valence-corrected chi connectivity index (χ2v) is 8.69. The number of anilines is 1. The Morgan fingerprint density at radius 3 is 3.00 bits per heavy atom. The standard InChI is InChI=1S/C25H25FN2O4S/c1-17-27-20(16-33-17)14-31-21-5-2-4-18(12-21)7-10-25(29)28-23-13-19(26)8-9-24(23)32-15-22-6-3-11-30-22/h2,4-5,7-10,12-13,16,22H,3,6,11,14-15H2,1H3,(H,28,29)/b10-7+. The average Bonchev–Trinajstić information content (AvgIpc) is 3.48. The van der Waals surface area contributed by atoms with Gasteiger partial charge in [0, 0.05) is 24.1 Å². The molecule has 1 aliphatic heterocycles. The molecule has 8 heteroatoms. The van der Waals surface area contributed by atoms with E-state index in [1.54, 1.807) is 17.4 Å². The number of ether oxygens (including phenoxy) is 3. The fourth-order valence-corrected chi connectivity index (χ4v) is 3.97. The zero-order chi connectivity index (χ0) is 23.0. The fraction of sp³-hybridized carbons (Fsp3) is 0.280. The van der Waals surface area contributed by atoms with E-state index in [4.69, 9.17) is 14.2 Å². The monoisotopic (exact) mass is 468 g/mol. The number of nitrogens with one attached hydrogen (secondary N) is 1. The second kappa shape index (κ2) is 11.1. The van der Waals surface area contributed by atoms with Crippen LogP contribution in [0.5, 0.6) is 11.5 Å². The first-order valence-corrected chi connectivity index (χ1v) is 11.6. The molecule has 6 nitrogen and oxygen atoms in total. The van der Waals surface area contributed by atoms with E-state index < -0.39 is 11.7 Å². The first-order valence-electron chi connectivity index (χ1n) is 10.7. The molecule has 0 aliphatic carbocycles. The van der Waals surface area contributed by atoms with Crippen LogP contribution in [0.25, 0.3) is 6.08 Å². The number of nitrogens with zero attached hydrogens (tertiary/aromatic N) is 1. The van der Waals surface area contributed by atoms with Crippen LogP contribution < -0.4 is 14.8 Å². The number of benzene rings is 2. The van der Waals surface area contributed by atoms with E-state index in [1.165, 1.54) is 24.3 Å². The Labute approximate surface area is 196 Å². The molecular weight excluding hydrogens is 443 g/mol. The van der Waals surface area contributed by atoms with Crippen molar-refractivity contribution in [1.29, 1.82) is 0 Å². The van der Waals surface area contributed by atoms with Crippen molar-refractivity contribution in [2.45, 2.75) is 32.5 Å². The third-order valence-corrected chi connectivity index (χ3v) is 5.81. The topological polar surface area (TPSA) is 69.7 Å². The van der Waals surface area contributed by atoms with Crippen molar-refractivity contribution in [3.8, 4) is 11.5 Å². The highest BCUT2D eigenvalue weighted by atomic mass is 32.1. The highest BCUT2D eigenvalue weighted by molar-refractivity contribution is 7.09. The summed E-state index contributed by atoms with van der Waals surface area (Å²) in [6.07, 6.45) is 5.01. The minimum atomic E-state index is -0.459. The summed E-state index contributed by atoms with van der Waals surface area (Å²) < 4.78 is 30.9. The van der Waals surface area contributed by atoms with E-state index in [-0.39, 0.29) is 11.8 Å². The van der Waals surface area contributed by atoms with Gasteiger partial charge >= 0.3 is 0 Å². The molecule has 1 aliphatic rings. The van der Waals surface area contributed by atoms with Gasteiger partial charge in [0.2, 0.25) is 5.91 Å². The predicted molar refractivity (Wildman–Crippen MR) is 126 cm³/mol. The molecule has 2 aromatic carbocycles. The van der Waals surface area contributed by atoms with Crippen molar-refractivity contribution < 1.29 is 23.4 Å². The first-order chi connectivity index (χ1) is 16.0. The van der Waals surface area contributed by atoms with Crippen LogP contribution in [-0.4, -0.2) is 30.2 Å². The van der Waals surface area contributed by atoms with Gasteiger partial charge in [-0.05, 0) is 55.7 Å². The number of amides is 1. The molecule has 0 radical (unpaired) electrons. The molecule has 0 bridgehead atoms. The number of aromatic nitrogens is 1. The van der Waals surface area contributed by atoms with Gasteiger partial charge in [-0.2, -0.15) is 0 Å². The van der Waals surface area contributed by atoms with Crippen LogP contribution in [0.3, 0.4) is 0 Å². The first kappa shape index (κ1) is 22.9. The van der Waals surface area contributed by atoms with Crippen LogP contribution >= 0.6 is 11.3 Å². The van der Waals surface area contributed by atoms with Gasteiger partial charge in [-0.3, -0.25) is 4.79 Å². The summed E-state index contributed by atoms with van der Waals surface area (Å²) in [7, 11) is 0. The maximum atomic E-state index is 13.8. The third kappa shape index (κ3) is 6.87. The largest absolute Gasteiger partial charge is 0.489 e. The summed E-state index contributed by atoms with van der Waals surface area (Å²) in [5, 5.41) is 5.65. The van der Waals surface area contributed by atoms with E-state index in [2.05, 4.69) is 10.3 Å². The highest BCUT2D eigenvalue weighted by Gasteiger charge is 2.17.